The third kappa shape index (κ3) is 5.46. The smallest absolute Gasteiger partial charge is 0.340 e. The van der Waals surface area contributed by atoms with E-state index in [0.29, 0.717) is 16.9 Å². The molecule has 0 saturated heterocycles. The van der Waals surface area contributed by atoms with Gasteiger partial charge in [0.1, 0.15) is 5.75 Å². The summed E-state index contributed by atoms with van der Waals surface area (Å²) in [6.07, 6.45) is 0. The van der Waals surface area contributed by atoms with Crippen LogP contribution in [0.4, 0.5) is 5.69 Å². The van der Waals surface area contributed by atoms with E-state index < -0.39 is 7.67 Å². The molecule has 0 heterocycles. The van der Waals surface area contributed by atoms with Gasteiger partial charge in [-0.1, -0.05) is 12.1 Å². The number of hydrogen-bond acceptors (Lipinski definition) is 6. The lowest BCUT2D eigenvalue weighted by atomic mass is 10.2. The average molecular weight is 406 g/mol. The highest BCUT2D eigenvalue weighted by Crippen LogP contribution is 2.38. The van der Waals surface area contributed by atoms with E-state index in [1.807, 2.05) is 0 Å². The highest BCUT2D eigenvalue weighted by molar-refractivity contribution is 7.54. The van der Waals surface area contributed by atoms with Crippen LogP contribution in [0.5, 0.6) is 11.5 Å². The lowest BCUT2D eigenvalue weighted by molar-refractivity contribution is 0.0827. The number of carbonyl (C=O) groups is 1. The molecular weight excluding hydrogens is 383 g/mol. The maximum atomic E-state index is 12.2. The topological polar surface area (TPSA) is 109 Å². The minimum absolute atomic E-state index is 0.0214. The van der Waals surface area contributed by atoms with E-state index in [1.54, 1.807) is 50.5 Å². The van der Waals surface area contributed by atoms with Crippen molar-refractivity contribution in [1.29, 1.82) is 0 Å². The second kappa shape index (κ2) is 9.57. The molecule has 28 heavy (non-hydrogen) atoms. The van der Waals surface area contributed by atoms with Gasteiger partial charge in [0.05, 0.1) is 6.61 Å². The highest BCUT2D eigenvalue weighted by Gasteiger charge is 2.18. The fraction of sp³-hybridized carbons (Fsp3) is 0.278. The van der Waals surface area contributed by atoms with Gasteiger partial charge in [0.2, 0.25) is 0 Å². The largest absolute Gasteiger partial charge is 0.455 e. The monoisotopic (exact) mass is 406 g/mol. The van der Waals surface area contributed by atoms with Crippen molar-refractivity contribution in [1.82, 2.24) is 15.1 Å². The van der Waals surface area contributed by atoms with Crippen LogP contribution >= 0.6 is 7.67 Å². The molecule has 0 bridgehead atoms. The molecule has 150 valence electrons. The third-order valence-corrected chi connectivity index (χ3v) is 5.51. The first kappa shape index (κ1) is 21.7. The molecule has 2 N–H and O–H groups in total. The SMILES string of the molecule is CNP(=O)(NC)OCc1ccc(N=O)c(Oc2cccc(C(=O)N(C)C)c2)c1. The molecule has 0 aliphatic rings. The Kier molecular flexibility index (Phi) is 7.42. The summed E-state index contributed by atoms with van der Waals surface area (Å²) in [5.74, 6) is 0.414. The van der Waals surface area contributed by atoms with Crippen LogP contribution in [0.15, 0.2) is 47.6 Å². The molecule has 0 aromatic heterocycles. The Hall–Kier alpha value is -2.58. The Morgan fingerprint density at radius 1 is 1.14 bits per heavy atom. The number of carbonyl (C=O) groups excluding carboxylic acids is 1. The number of amides is 1. The predicted molar refractivity (Wildman–Crippen MR) is 107 cm³/mol. The number of nitrogens with one attached hydrogen (secondary N) is 2. The molecule has 0 unspecified atom stereocenters. The fourth-order valence-corrected chi connectivity index (χ4v) is 3.10. The summed E-state index contributed by atoms with van der Waals surface area (Å²) in [5, 5.41) is 8.14. The summed E-state index contributed by atoms with van der Waals surface area (Å²) < 4.78 is 23.4. The molecule has 2 aromatic carbocycles. The molecule has 0 aliphatic carbocycles. The molecule has 0 radical (unpaired) electrons. The number of nitrogens with zero attached hydrogens (tertiary/aromatic N) is 2. The van der Waals surface area contributed by atoms with Gasteiger partial charge < -0.3 is 14.2 Å². The molecule has 0 saturated carbocycles. The molecule has 0 fully saturated rings. The van der Waals surface area contributed by atoms with Gasteiger partial charge in [0.15, 0.2) is 11.4 Å². The molecule has 1 amide bonds. The first-order valence-electron chi connectivity index (χ1n) is 8.40. The van der Waals surface area contributed by atoms with Crippen molar-refractivity contribution in [2.24, 2.45) is 5.18 Å². The molecule has 10 heteroatoms. The Labute approximate surface area is 163 Å². The number of ether oxygens (including phenoxy) is 1. The molecule has 0 aliphatic heterocycles. The van der Waals surface area contributed by atoms with E-state index in [2.05, 4.69) is 15.4 Å². The van der Waals surface area contributed by atoms with Crippen molar-refractivity contribution >= 4 is 19.3 Å². The molecular formula is C18H23N4O5P. The molecule has 2 aromatic rings. The highest BCUT2D eigenvalue weighted by atomic mass is 31.2. The summed E-state index contributed by atoms with van der Waals surface area (Å²) in [5.41, 5.74) is 1.18. The van der Waals surface area contributed by atoms with Crippen LogP contribution in [0.2, 0.25) is 0 Å². The molecule has 2 rings (SSSR count). The van der Waals surface area contributed by atoms with Crippen LogP contribution in [-0.2, 0) is 15.7 Å². The zero-order chi connectivity index (χ0) is 20.7. The van der Waals surface area contributed by atoms with E-state index in [-0.39, 0.29) is 24.0 Å². The minimum Gasteiger partial charge on any atom is -0.455 e. The van der Waals surface area contributed by atoms with Crippen molar-refractivity contribution in [3.63, 3.8) is 0 Å². The maximum Gasteiger partial charge on any atom is 0.340 e. The Bertz CT molecular complexity index is 895. The van der Waals surface area contributed by atoms with Crippen molar-refractivity contribution in [2.45, 2.75) is 6.61 Å². The van der Waals surface area contributed by atoms with Crippen LogP contribution in [-0.4, -0.2) is 39.0 Å². The summed E-state index contributed by atoms with van der Waals surface area (Å²) >= 11 is 0. The summed E-state index contributed by atoms with van der Waals surface area (Å²) in [6.45, 7) is 0.0214. The van der Waals surface area contributed by atoms with Crippen molar-refractivity contribution in [3.05, 3.63) is 58.5 Å². The number of rotatable bonds is 9. The Balaban J connectivity index is 2.25. The van der Waals surface area contributed by atoms with Gasteiger partial charge >= 0.3 is 7.67 Å². The minimum atomic E-state index is -3.14. The number of benzene rings is 2. The van der Waals surface area contributed by atoms with Gasteiger partial charge in [0.25, 0.3) is 5.91 Å². The van der Waals surface area contributed by atoms with E-state index >= 15 is 0 Å². The van der Waals surface area contributed by atoms with Crippen LogP contribution in [0.1, 0.15) is 15.9 Å². The Morgan fingerprint density at radius 3 is 2.46 bits per heavy atom. The fourth-order valence-electron chi connectivity index (χ4n) is 2.29. The predicted octanol–water partition coefficient (Wildman–Crippen LogP) is 3.64. The van der Waals surface area contributed by atoms with Crippen LogP contribution in [0.3, 0.4) is 0 Å². The molecule has 0 atom stereocenters. The summed E-state index contributed by atoms with van der Waals surface area (Å²) in [4.78, 5) is 24.7. The molecule has 9 nitrogen and oxygen atoms in total. The van der Waals surface area contributed by atoms with Crippen LogP contribution < -0.4 is 14.9 Å². The van der Waals surface area contributed by atoms with Gasteiger partial charge in [-0.2, -0.15) is 0 Å². The first-order chi connectivity index (χ1) is 13.3. The van der Waals surface area contributed by atoms with Crippen LogP contribution in [0, 0.1) is 4.91 Å². The van der Waals surface area contributed by atoms with Crippen molar-refractivity contribution in [2.75, 3.05) is 28.2 Å². The number of nitroso groups, excluding NO2 is 1. The first-order valence-corrected chi connectivity index (χ1v) is 10.0. The maximum absolute atomic E-state index is 12.2. The zero-order valence-electron chi connectivity index (χ0n) is 16.1. The van der Waals surface area contributed by atoms with Gasteiger partial charge in [0, 0.05) is 19.7 Å². The number of hydrogen-bond donors (Lipinski definition) is 2. The summed E-state index contributed by atoms with van der Waals surface area (Å²) in [7, 11) is 3.21. The van der Waals surface area contributed by atoms with Gasteiger partial charge in [-0.05, 0) is 55.2 Å². The quantitative estimate of drug-likeness (QED) is 0.483. The standard InChI is InChI=1S/C18H23N4O5P/c1-19-28(25,20-2)26-12-13-8-9-16(21-24)17(10-13)27-15-7-5-6-14(11-15)18(23)22(3)4/h5-11H,12H2,1-4H3,(H2,19,20,25). The average Bonchev–Trinajstić information content (AvgIpc) is 2.71. The summed E-state index contributed by atoms with van der Waals surface area (Å²) in [6, 6.07) is 11.3. The van der Waals surface area contributed by atoms with Gasteiger partial charge in [-0.3, -0.25) is 9.36 Å². The Morgan fingerprint density at radius 2 is 1.86 bits per heavy atom. The second-order valence-electron chi connectivity index (χ2n) is 5.99. The van der Waals surface area contributed by atoms with Crippen molar-refractivity contribution in [3.8, 4) is 11.5 Å². The normalized spacial score (nSPS) is 11.1. The third-order valence-electron chi connectivity index (χ3n) is 3.84. The lowest BCUT2D eigenvalue weighted by Gasteiger charge is -2.16. The van der Waals surface area contributed by atoms with E-state index in [0.717, 1.165) is 0 Å². The van der Waals surface area contributed by atoms with Crippen LogP contribution in [0.25, 0.3) is 0 Å². The molecule has 0 spiro atoms. The van der Waals surface area contributed by atoms with E-state index in [9.17, 15) is 14.3 Å². The lowest BCUT2D eigenvalue weighted by Crippen LogP contribution is -2.21. The van der Waals surface area contributed by atoms with E-state index in [4.69, 9.17) is 9.26 Å². The van der Waals surface area contributed by atoms with Crippen molar-refractivity contribution < 1.29 is 18.6 Å². The zero-order valence-corrected chi connectivity index (χ0v) is 17.0. The van der Waals surface area contributed by atoms with Gasteiger partial charge in [-0.15, -0.1) is 4.91 Å². The van der Waals surface area contributed by atoms with Gasteiger partial charge in [-0.25, -0.2) is 10.2 Å². The second-order valence-corrected chi connectivity index (χ2v) is 8.25. The van der Waals surface area contributed by atoms with E-state index in [1.165, 1.54) is 25.1 Å².